The smallest absolute Gasteiger partial charge is 0.512 e. The molecule has 4 aromatic carbocycles. The minimum Gasteiger partial charge on any atom is -0.512 e. The molecule has 2 nitrogen and oxygen atoms in total. The van der Waals surface area contributed by atoms with Crippen molar-refractivity contribution in [3.05, 3.63) is 127 Å². The van der Waals surface area contributed by atoms with Crippen molar-refractivity contribution in [2.75, 3.05) is 0 Å². The summed E-state index contributed by atoms with van der Waals surface area (Å²) < 4.78 is 0. The van der Waals surface area contributed by atoms with E-state index in [-0.39, 0.29) is 29.6 Å². The quantitative estimate of drug-likeness (QED) is 0.236. The Morgan fingerprint density at radius 3 is 1.44 bits per heavy atom. The van der Waals surface area contributed by atoms with E-state index in [1.807, 2.05) is 36.4 Å². The molecule has 0 unspecified atom stereocenters. The first kappa shape index (κ1) is 27.4. The van der Waals surface area contributed by atoms with Crippen LogP contribution >= 0.6 is 15.9 Å². The summed E-state index contributed by atoms with van der Waals surface area (Å²) in [4.78, 5) is 0. The van der Waals surface area contributed by atoms with Gasteiger partial charge >= 0.3 is 29.6 Å². The van der Waals surface area contributed by atoms with Crippen LogP contribution in [0.15, 0.2) is 109 Å². The Hall–Kier alpha value is -2.66. The first-order valence-electron chi connectivity index (χ1n) is 9.74. The molecule has 0 amide bonds. The minimum atomic E-state index is 0. The Balaban J connectivity index is 0.000000289. The van der Waals surface area contributed by atoms with E-state index >= 15 is 0 Å². The second kappa shape index (κ2) is 16.0. The molecule has 0 saturated heterocycles. The van der Waals surface area contributed by atoms with Crippen molar-refractivity contribution >= 4 is 15.9 Å². The van der Waals surface area contributed by atoms with Crippen LogP contribution in [0.3, 0.4) is 0 Å². The van der Waals surface area contributed by atoms with Gasteiger partial charge in [-0.15, -0.1) is 0 Å². The number of alkyl halides is 1. The predicted molar refractivity (Wildman–Crippen MR) is 131 cm³/mol. The second-order valence-corrected chi connectivity index (χ2v) is 7.16. The Bertz CT molecular complexity index is 1120. The third kappa shape index (κ3) is 8.83. The summed E-state index contributed by atoms with van der Waals surface area (Å²) in [5, 5.41) is 15.8. The van der Waals surface area contributed by atoms with Crippen molar-refractivity contribution in [1.82, 2.24) is 0 Å². The van der Waals surface area contributed by atoms with Gasteiger partial charge in [-0.3, -0.25) is 0 Å². The molecular formula is C28H22BrN2Na. The Kier molecular flexibility index (Phi) is 13.7. The van der Waals surface area contributed by atoms with E-state index in [0.29, 0.717) is 6.42 Å². The van der Waals surface area contributed by atoms with Crippen LogP contribution in [0.25, 0.3) is 22.3 Å². The minimum absolute atomic E-state index is 0. The van der Waals surface area contributed by atoms with Gasteiger partial charge in [0.1, 0.15) is 0 Å². The second-order valence-electron chi connectivity index (χ2n) is 6.60. The molecule has 0 N–H and O–H groups in total. The van der Waals surface area contributed by atoms with Crippen LogP contribution in [0.1, 0.15) is 11.1 Å². The van der Waals surface area contributed by atoms with E-state index in [4.69, 9.17) is 17.1 Å². The average molecular weight is 489 g/mol. The zero-order valence-electron chi connectivity index (χ0n) is 18.1. The average Bonchev–Trinajstić information content (AvgIpc) is 2.87. The maximum atomic E-state index is 8.63. The molecule has 4 aromatic rings. The molecule has 4 heteroatoms. The summed E-state index contributed by atoms with van der Waals surface area (Å²) in [7, 11) is 0. The third-order valence-electron chi connectivity index (χ3n) is 4.51. The predicted octanol–water partition coefficient (Wildman–Crippen LogP) is 4.77. The van der Waals surface area contributed by atoms with E-state index in [1.54, 1.807) is 0 Å². The van der Waals surface area contributed by atoms with Crippen molar-refractivity contribution in [2.45, 2.75) is 11.8 Å². The van der Waals surface area contributed by atoms with E-state index in [1.165, 1.54) is 27.8 Å². The summed E-state index contributed by atoms with van der Waals surface area (Å²) >= 11 is 3.46. The fraction of sp³-hybridized carbons (Fsp3) is 0.0714. The molecule has 0 atom stereocenters. The SMILES string of the molecule is BrCc1cccc(-c2ccccc2)c1.N#CCc1cccc(-c2ccccc2)c1.[C-]#N.[Na+]. The molecule has 0 aliphatic rings. The van der Waals surface area contributed by atoms with E-state index in [2.05, 4.69) is 94.8 Å². The van der Waals surface area contributed by atoms with Crippen LogP contribution < -0.4 is 29.6 Å². The first-order chi connectivity index (χ1) is 15.3. The van der Waals surface area contributed by atoms with Crippen LogP contribution in [0.4, 0.5) is 0 Å². The zero-order chi connectivity index (χ0) is 22.3. The van der Waals surface area contributed by atoms with Gasteiger partial charge in [-0.05, 0) is 33.4 Å². The van der Waals surface area contributed by atoms with Crippen LogP contribution in [0.5, 0.6) is 0 Å². The molecule has 0 radical (unpaired) electrons. The molecule has 0 aliphatic heterocycles. The van der Waals surface area contributed by atoms with E-state index in [0.717, 1.165) is 10.9 Å². The van der Waals surface area contributed by atoms with Gasteiger partial charge in [0.15, 0.2) is 0 Å². The molecule has 32 heavy (non-hydrogen) atoms. The summed E-state index contributed by atoms with van der Waals surface area (Å²) in [5.74, 6) is 0. The molecule has 0 fully saturated rings. The molecule has 0 bridgehead atoms. The molecule has 152 valence electrons. The molecule has 0 saturated carbocycles. The van der Waals surface area contributed by atoms with Gasteiger partial charge in [-0.2, -0.15) is 5.26 Å². The number of nitrogens with zero attached hydrogens (tertiary/aromatic N) is 2. The number of hydrogen-bond acceptors (Lipinski definition) is 2. The maximum absolute atomic E-state index is 8.63. The zero-order valence-corrected chi connectivity index (χ0v) is 21.7. The third-order valence-corrected chi connectivity index (χ3v) is 5.15. The number of rotatable bonds is 4. The fourth-order valence-corrected chi connectivity index (χ4v) is 3.40. The monoisotopic (exact) mass is 488 g/mol. The largest absolute Gasteiger partial charge is 1.00 e. The van der Waals surface area contributed by atoms with Gasteiger partial charge in [-0.25, -0.2) is 0 Å². The van der Waals surface area contributed by atoms with Crippen molar-refractivity contribution < 1.29 is 29.6 Å². The van der Waals surface area contributed by atoms with Crippen molar-refractivity contribution in [1.29, 1.82) is 10.5 Å². The summed E-state index contributed by atoms with van der Waals surface area (Å²) in [6.07, 6.45) is 0.473. The standard InChI is InChI=1S/C14H11N.C13H11Br.CN.Na/c15-10-9-12-5-4-8-14(11-12)13-6-2-1-3-7-13;14-10-11-5-4-8-13(9-11)12-6-2-1-3-7-12;1-2;/h1-8,11H,9H2;1-9H,10H2;;/q;;-1;+1. The van der Waals surface area contributed by atoms with Crippen LogP contribution in [0.2, 0.25) is 0 Å². The molecule has 0 heterocycles. The molecule has 0 spiro atoms. The number of hydrogen-bond donors (Lipinski definition) is 0. The number of benzene rings is 4. The van der Waals surface area contributed by atoms with Gasteiger partial charge in [0, 0.05) is 5.33 Å². The van der Waals surface area contributed by atoms with Crippen molar-refractivity contribution in [3.63, 3.8) is 0 Å². The van der Waals surface area contributed by atoms with E-state index in [9.17, 15) is 0 Å². The van der Waals surface area contributed by atoms with Crippen molar-refractivity contribution in [2.24, 2.45) is 0 Å². The van der Waals surface area contributed by atoms with Crippen molar-refractivity contribution in [3.8, 4) is 28.3 Å². The van der Waals surface area contributed by atoms with Gasteiger partial charge < -0.3 is 11.8 Å². The number of nitriles is 1. The van der Waals surface area contributed by atoms with Gasteiger partial charge in [0.25, 0.3) is 0 Å². The van der Waals surface area contributed by atoms with Gasteiger partial charge in [0.2, 0.25) is 0 Å². The Morgan fingerprint density at radius 1 is 0.594 bits per heavy atom. The summed E-state index contributed by atoms with van der Waals surface area (Å²) in [6, 6.07) is 39.5. The maximum Gasteiger partial charge on any atom is 1.00 e. The normalized spacial score (nSPS) is 8.94. The molecule has 4 rings (SSSR count). The topological polar surface area (TPSA) is 47.6 Å². The molecular weight excluding hydrogens is 467 g/mol. The molecule has 0 aromatic heterocycles. The van der Waals surface area contributed by atoms with Crippen LogP contribution in [-0.2, 0) is 11.8 Å². The summed E-state index contributed by atoms with van der Waals surface area (Å²) in [6.45, 7) is 4.75. The number of halogens is 1. The Labute approximate surface area is 221 Å². The Morgan fingerprint density at radius 2 is 1.00 bits per heavy atom. The van der Waals surface area contributed by atoms with Gasteiger partial charge in [0.05, 0.1) is 12.5 Å². The van der Waals surface area contributed by atoms with Crippen LogP contribution in [-0.4, -0.2) is 0 Å². The molecule has 0 aliphatic carbocycles. The van der Waals surface area contributed by atoms with Crippen LogP contribution in [0, 0.1) is 23.2 Å². The van der Waals surface area contributed by atoms with E-state index < -0.39 is 0 Å². The fourth-order valence-electron chi connectivity index (χ4n) is 3.05. The summed E-state index contributed by atoms with van der Waals surface area (Å²) in [5.41, 5.74) is 7.30. The van der Waals surface area contributed by atoms with Gasteiger partial charge in [-0.1, -0.05) is 125 Å². The first-order valence-corrected chi connectivity index (χ1v) is 10.9.